The molecule has 2 aromatic rings. The summed E-state index contributed by atoms with van der Waals surface area (Å²) in [4.78, 5) is 4.26. The zero-order chi connectivity index (χ0) is 15.2. The molecule has 0 spiro atoms. The van der Waals surface area contributed by atoms with Crippen LogP contribution in [0.4, 0.5) is 8.78 Å². The number of ether oxygens (including phenoxy) is 1. The van der Waals surface area contributed by atoms with Gasteiger partial charge in [0.25, 0.3) is 0 Å². The summed E-state index contributed by atoms with van der Waals surface area (Å²) in [5.74, 6) is 0.125. The molecule has 0 radical (unpaired) electrons. The molecule has 0 aliphatic heterocycles. The zero-order valence-corrected chi connectivity index (χ0v) is 12.2. The Hall–Kier alpha value is -1.72. The van der Waals surface area contributed by atoms with Crippen molar-refractivity contribution in [3.05, 3.63) is 58.4 Å². The summed E-state index contributed by atoms with van der Waals surface area (Å²) in [5, 5.41) is 3.63. The molecule has 0 saturated carbocycles. The van der Waals surface area contributed by atoms with E-state index in [1.807, 2.05) is 19.1 Å². The van der Waals surface area contributed by atoms with E-state index in [2.05, 4.69) is 15.0 Å². The van der Waals surface area contributed by atoms with Crippen LogP contribution in [0.5, 0.6) is 5.75 Å². The lowest BCUT2D eigenvalue weighted by molar-refractivity contribution is -0.0505. The second kappa shape index (κ2) is 7.33. The molecular formula is C15H15ClF2N2O. The Morgan fingerprint density at radius 2 is 2.10 bits per heavy atom. The lowest BCUT2D eigenvalue weighted by Crippen LogP contribution is -2.16. The van der Waals surface area contributed by atoms with Crippen LogP contribution in [0.3, 0.4) is 0 Å². The number of hydrogen-bond donors (Lipinski definition) is 1. The quantitative estimate of drug-likeness (QED) is 0.877. The lowest BCUT2D eigenvalue weighted by Gasteiger charge is -2.12. The van der Waals surface area contributed by atoms with Crippen molar-refractivity contribution in [1.29, 1.82) is 0 Å². The molecule has 0 aliphatic rings. The van der Waals surface area contributed by atoms with Crippen LogP contribution in [0.2, 0.25) is 5.02 Å². The van der Waals surface area contributed by atoms with E-state index in [9.17, 15) is 8.78 Å². The predicted octanol–water partition coefficient (Wildman–Crippen LogP) is 3.93. The third-order valence-corrected chi connectivity index (χ3v) is 3.20. The van der Waals surface area contributed by atoms with E-state index in [1.165, 1.54) is 12.1 Å². The van der Waals surface area contributed by atoms with Crippen LogP contribution in [0.1, 0.15) is 16.8 Å². The number of rotatable bonds is 6. The third kappa shape index (κ3) is 4.65. The molecular weight excluding hydrogens is 298 g/mol. The van der Waals surface area contributed by atoms with E-state index < -0.39 is 6.61 Å². The molecule has 0 amide bonds. The van der Waals surface area contributed by atoms with Crippen LogP contribution in [0, 0.1) is 6.92 Å². The van der Waals surface area contributed by atoms with E-state index in [-0.39, 0.29) is 5.75 Å². The van der Waals surface area contributed by atoms with E-state index in [0.29, 0.717) is 23.7 Å². The summed E-state index contributed by atoms with van der Waals surface area (Å²) in [6, 6.07) is 8.40. The van der Waals surface area contributed by atoms with Gasteiger partial charge in [-0.05, 0) is 36.8 Å². The van der Waals surface area contributed by atoms with Gasteiger partial charge in [0.1, 0.15) is 5.75 Å². The lowest BCUT2D eigenvalue weighted by atomic mass is 10.2. The SMILES string of the molecule is Cc1cccnc1CNCc1cc(Cl)ccc1OC(F)F. The Morgan fingerprint density at radius 1 is 1.29 bits per heavy atom. The van der Waals surface area contributed by atoms with Gasteiger partial charge in [0.05, 0.1) is 5.69 Å². The van der Waals surface area contributed by atoms with Crippen molar-refractivity contribution in [2.75, 3.05) is 0 Å². The Labute approximate surface area is 126 Å². The van der Waals surface area contributed by atoms with Gasteiger partial charge in [-0.3, -0.25) is 4.98 Å². The Bertz CT molecular complexity index is 608. The molecule has 1 aromatic heterocycles. The predicted molar refractivity (Wildman–Crippen MR) is 77.6 cm³/mol. The second-order valence-corrected chi connectivity index (χ2v) is 4.94. The average Bonchev–Trinajstić information content (AvgIpc) is 2.43. The molecule has 0 aliphatic carbocycles. The van der Waals surface area contributed by atoms with Crippen molar-refractivity contribution in [2.45, 2.75) is 26.6 Å². The number of nitrogens with zero attached hydrogens (tertiary/aromatic N) is 1. The van der Waals surface area contributed by atoms with Gasteiger partial charge in [0.2, 0.25) is 0 Å². The Morgan fingerprint density at radius 3 is 2.81 bits per heavy atom. The summed E-state index contributed by atoms with van der Waals surface area (Å²) >= 11 is 5.89. The number of hydrogen-bond acceptors (Lipinski definition) is 3. The van der Waals surface area contributed by atoms with E-state index in [1.54, 1.807) is 12.3 Å². The van der Waals surface area contributed by atoms with Crippen molar-refractivity contribution in [2.24, 2.45) is 0 Å². The first-order valence-corrected chi connectivity index (χ1v) is 6.78. The van der Waals surface area contributed by atoms with Gasteiger partial charge in [0, 0.05) is 29.9 Å². The van der Waals surface area contributed by atoms with Crippen molar-refractivity contribution in [3.8, 4) is 5.75 Å². The summed E-state index contributed by atoms with van der Waals surface area (Å²) in [6.07, 6.45) is 1.72. The highest BCUT2D eigenvalue weighted by Gasteiger charge is 2.10. The first-order chi connectivity index (χ1) is 10.1. The number of pyridine rings is 1. The third-order valence-electron chi connectivity index (χ3n) is 2.96. The van der Waals surface area contributed by atoms with Gasteiger partial charge in [-0.2, -0.15) is 8.78 Å². The molecule has 0 unspecified atom stereocenters. The highest BCUT2D eigenvalue weighted by atomic mass is 35.5. The molecule has 21 heavy (non-hydrogen) atoms. The summed E-state index contributed by atoms with van der Waals surface area (Å²) in [5.41, 5.74) is 2.56. The summed E-state index contributed by atoms with van der Waals surface area (Å²) in [7, 11) is 0. The molecule has 1 heterocycles. The normalized spacial score (nSPS) is 10.9. The van der Waals surface area contributed by atoms with Crippen LogP contribution >= 0.6 is 11.6 Å². The molecule has 3 nitrogen and oxygen atoms in total. The Kier molecular flexibility index (Phi) is 5.47. The van der Waals surface area contributed by atoms with Gasteiger partial charge in [-0.15, -0.1) is 0 Å². The molecule has 1 N–H and O–H groups in total. The standard InChI is InChI=1S/C15H15ClF2N2O/c1-10-3-2-6-20-13(10)9-19-8-11-7-12(16)4-5-14(11)21-15(17)18/h2-7,15,19H,8-9H2,1H3. The van der Waals surface area contributed by atoms with Gasteiger partial charge >= 0.3 is 6.61 Å². The Balaban J connectivity index is 2.02. The topological polar surface area (TPSA) is 34.2 Å². The van der Waals surface area contributed by atoms with Crippen LogP contribution < -0.4 is 10.1 Å². The van der Waals surface area contributed by atoms with Gasteiger partial charge < -0.3 is 10.1 Å². The number of halogens is 3. The fraction of sp³-hybridized carbons (Fsp3) is 0.267. The number of aromatic nitrogens is 1. The van der Waals surface area contributed by atoms with Crippen molar-refractivity contribution < 1.29 is 13.5 Å². The summed E-state index contributed by atoms with van der Waals surface area (Å²) in [6.45, 7) is 0.00340. The minimum Gasteiger partial charge on any atom is -0.434 e. The molecule has 2 rings (SSSR count). The van der Waals surface area contributed by atoms with Crippen LogP contribution in [-0.2, 0) is 13.1 Å². The van der Waals surface area contributed by atoms with Gasteiger partial charge in [-0.25, -0.2) is 0 Å². The fourth-order valence-corrected chi connectivity index (χ4v) is 2.11. The molecule has 0 atom stereocenters. The molecule has 112 valence electrons. The van der Waals surface area contributed by atoms with E-state index in [4.69, 9.17) is 11.6 Å². The first-order valence-electron chi connectivity index (χ1n) is 6.40. The minimum absolute atomic E-state index is 0.125. The number of aryl methyl sites for hydroxylation is 1. The van der Waals surface area contributed by atoms with Gasteiger partial charge in [-0.1, -0.05) is 17.7 Å². The molecule has 0 saturated heterocycles. The van der Waals surface area contributed by atoms with Crippen molar-refractivity contribution >= 4 is 11.6 Å². The fourth-order valence-electron chi connectivity index (χ4n) is 1.92. The second-order valence-electron chi connectivity index (χ2n) is 4.50. The van der Waals surface area contributed by atoms with Crippen LogP contribution in [0.25, 0.3) is 0 Å². The van der Waals surface area contributed by atoms with E-state index >= 15 is 0 Å². The summed E-state index contributed by atoms with van der Waals surface area (Å²) < 4.78 is 29.2. The molecule has 0 fully saturated rings. The zero-order valence-electron chi connectivity index (χ0n) is 11.4. The molecule has 1 aromatic carbocycles. The van der Waals surface area contributed by atoms with Crippen molar-refractivity contribution in [1.82, 2.24) is 10.3 Å². The highest BCUT2D eigenvalue weighted by Crippen LogP contribution is 2.24. The first kappa shape index (κ1) is 15.7. The number of benzene rings is 1. The number of alkyl halides is 2. The van der Waals surface area contributed by atoms with Crippen LogP contribution in [0.15, 0.2) is 36.5 Å². The van der Waals surface area contributed by atoms with Crippen molar-refractivity contribution in [3.63, 3.8) is 0 Å². The average molecular weight is 313 g/mol. The maximum atomic E-state index is 12.4. The highest BCUT2D eigenvalue weighted by molar-refractivity contribution is 6.30. The van der Waals surface area contributed by atoms with Gasteiger partial charge in [0.15, 0.2) is 0 Å². The smallest absolute Gasteiger partial charge is 0.387 e. The maximum absolute atomic E-state index is 12.4. The van der Waals surface area contributed by atoms with Crippen LogP contribution in [-0.4, -0.2) is 11.6 Å². The minimum atomic E-state index is -2.86. The monoisotopic (exact) mass is 312 g/mol. The maximum Gasteiger partial charge on any atom is 0.387 e. The number of nitrogens with one attached hydrogen (secondary N) is 1. The molecule has 6 heteroatoms. The molecule has 0 bridgehead atoms. The van der Waals surface area contributed by atoms with E-state index in [0.717, 1.165) is 11.3 Å². The largest absolute Gasteiger partial charge is 0.434 e.